The van der Waals surface area contributed by atoms with E-state index in [9.17, 15) is 0 Å². The van der Waals surface area contributed by atoms with Crippen molar-refractivity contribution in [3.63, 3.8) is 0 Å². The molecule has 14 heavy (non-hydrogen) atoms. The van der Waals surface area contributed by atoms with Crippen molar-refractivity contribution in [1.82, 2.24) is 4.57 Å². The fourth-order valence-corrected chi connectivity index (χ4v) is 1.67. The number of hydrogen-bond acceptors (Lipinski definition) is 0. The van der Waals surface area contributed by atoms with Crippen LogP contribution in [-0.2, 0) is 7.05 Å². The molecular formula is C12H12ClN. The Morgan fingerprint density at radius 1 is 1.07 bits per heavy atom. The first-order valence-corrected chi connectivity index (χ1v) is 4.94. The Morgan fingerprint density at radius 2 is 1.71 bits per heavy atom. The second-order valence-electron chi connectivity index (χ2n) is 3.43. The summed E-state index contributed by atoms with van der Waals surface area (Å²) in [4.78, 5) is 0. The van der Waals surface area contributed by atoms with Crippen molar-refractivity contribution < 1.29 is 0 Å². The highest BCUT2D eigenvalue weighted by Crippen LogP contribution is 2.24. The monoisotopic (exact) mass is 205 g/mol. The van der Waals surface area contributed by atoms with Gasteiger partial charge in [-0.05, 0) is 30.7 Å². The highest BCUT2D eigenvalue weighted by molar-refractivity contribution is 6.30. The molecule has 0 amide bonds. The maximum atomic E-state index is 5.84. The van der Waals surface area contributed by atoms with Crippen LogP contribution in [0.2, 0.25) is 5.02 Å². The van der Waals surface area contributed by atoms with Gasteiger partial charge >= 0.3 is 0 Å². The molecule has 72 valence electrons. The lowest BCUT2D eigenvalue weighted by molar-refractivity contribution is 0.883. The summed E-state index contributed by atoms with van der Waals surface area (Å²) in [6.07, 6.45) is 2.07. The van der Waals surface area contributed by atoms with E-state index in [0.29, 0.717) is 0 Å². The summed E-state index contributed by atoms with van der Waals surface area (Å²) in [6, 6.07) is 10.1. The van der Waals surface area contributed by atoms with Crippen LogP contribution in [0.3, 0.4) is 0 Å². The molecule has 2 aromatic rings. The number of aryl methyl sites for hydroxylation is 1. The van der Waals surface area contributed by atoms with Crippen LogP contribution in [0.25, 0.3) is 11.1 Å². The summed E-state index contributed by atoms with van der Waals surface area (Å²) in [5, 5.41) is 0.780. The fourth-order valence-electron chi connectivity index (χ4n) is 1.54. The molecule has 1 nitrogen and oxygen atoms in total. The number of halogens is 1. The van der Waals surface area contributed by atoms with Gasteiger partial charge in [0.15, 0.2) is 0 Å². The molecule has 1 heterocycles. The van der Waals surface area contributed by atoms with Crippen LogP contribution < -0.4 is 0 Å². The molecule has 1 aromatic heterocycles. The standard InChI is InChI=1S/C12H12ClN/c1-9-12(7-8-14(9)2)10-3-5-11(13)6-4-10/h3-8H,1-2H3. The second-order valence-corrected chi connectivity index (χ2v) is 3.87. The maximum Gasteiger partial charge on any atom is 0.0406 e. The average molecular weight is 206 g/mol. The number of nitrogens with zero attached hydrogens (tertiary/aromatic N) is 1. The van der Waals surface area contributed by atoms with E-state index < -0.39 is 0 Å². The lowest BCUT2D eigenvalue weighted by Crippen LogP contribution is -1.88. The predicted octanol–water partition coefficient (Wildman–Crippen LogP) is 3.65. The molecule has 0 saturated carbocycles. The SMILES string of the molecule is Cc1c(-c2ccc(Cl)cc2)ccn1C. The van der Waals surface area contributed by atoms with Crippen molar-refractivity contribution in [3.8, 4) is 11.1 Å². The smallest absolute Gasteiger partial charge is 0.0406 e. The van der Waals surface area contributed by atoms with E-state index in [1.807, 2.05) is 24.3 Å². The molecule has 0 aliphatic rings. The third-order valence-corrected chi connectivity index (χ3v) is 2.79. The summed E-state index contributed by atoms with van der Waals surface area (Å²) < 4.78 is 2.12. The zero-order valence-corrected chi connectivity index (χ0v) is 9.05. The van der Waals surface area contributed by atoms with Gasteiger partial charge in [-0.25, -0.2) is 0 Å². The van der Waals surface area contributed by atoms with E-state index in [4.69, 9.17) is 11.6 Å². The normalized spacial score (nSPS) is 10.5. The molecule has 0 saturated heterocycles. The van der Waals surface area contributed by atoms with Crippen LogP contribution in [0, 0.1) is 6.92 Å². The van der Waals surface area contributed by atoms with Gasteiger partial charge in [0.2, 0.25) is 0 Å². The Balaban J connectivity index is 2.49. The lowest BCUT2D eigenvalue weighted by atomic mass is 10.1. The Hall–Kier alpha value is -1.21. The van der Waals surface area contributed by atoms with Crippen LogP contribution in [0.5, 0.6) is 0 Å². The Kier molecular flexibility index (Phi) is 2.34. The first-order valence-electron chi connectivity index (χ1n) is 4.56. The fraction of sp³-hybridized carbons (Fsp3) is 0.167. The molecular weight excluding hydrogens is 194 g/mol. The topological polar surface area (TPSA) is 4.93 Å². The molecule has 0 spiro atoms. The molecule has 0 atom stereocenters. The Bertz CT molecular complexity index is 440. The zero-order chi connectivity index (χ0) is 10.1. The van der Waals surface area contributed by atoms with Gasteiger partial charge in [-0.15, -0.1) is 0 Å². The summed E-state index contributed by atoms with van der Waals surface area (Å²) in [7, 11) is 2.05. The van der Waals surface area contributed by atoms with Crippen molar-refractivity contribution >= 4 is 11.6 Å². The molecule has 2 heteroatoms. The molecule has 0 aliphatic carbocycles. The number of rotatable bonds is 1. The van der Waals surface area contributed by atoms with Crippen LogP contribution in [0.4, 0.5) is 0 Å². The van der Waals surface area contributed by atoms with Crippen molar-refractivity contribution in [2.75, 3.05) is 0 Å². The Morgan fingerprint density at radius 3 is 2.21 bits per heavy atom. The van der Waals surface area contributed by atoms with Gasteiger partial charge in [0, 0.05) is 29.5 Å². The van der Waals surface area contributed by atoms with Crippen LogP contribution in [0.15, 0.2) is 36.5 Å². The third kappa shape index (κ3) is 1.55. The van der Waals surface area contributed by atoms with E-state index in [2.05, 4.69) is 30.8 Å². The minimum Gasteiger partial charge on any atom is -0.354 e. The van der Waals surface area contributed by atoms with E-state index in [-0.39, 0.29) is 0 Å². The van der Waals surface area contributed by atoms with Crippen LogP contribution in [0.1, 0.15) is 5.69 Å². The summed E-state index contributed by atoms with van der Waals surface area (Å²) in [5.74, 6) is 0. The zero-order valence-electron chi connectivity index (χ0n) is 8.29. The number of hydrogen-bond donors (Lipinski definition) is 0. The summed E-state index contributed by atoms with van der Waals surface area (Å²) in [6.45, 7) is 2.12. The Labute approximate surface area is 88.9 Å². The maximum absolute atomic E-state index is 5.84. The summed E-state index contributed by atoms with van der Waals surface area (Å²) in [5.41, 5.74) is 3.75. The molecule has 0 radical (unpaired) electrons. The largest absolute Gasteiger partial charge is 0.354 e. The predicted molar refractivity (Wildman–Crippen MR) is 60.6 cm³/mol. The molecule has 0 unspecified atom stereocenters. The highest BCUT2D eigenvalue weighted by Gasteiger charge is 2.03. The number of benzene rings is 1. The molecule has 0 N–H and O–H groups in total. The van der Waals surface area contributed by atoms with Gasteiger partial charge in [-0.2, -0.15) is 0 Å². The lowest BCUT2D eigenvalue weighted by Gasteiger charge is -2.02. The molecule has 0 aliphatic heterocycles. The molecule has 2 rings (SSSR count). The second kappa shape index (κ2) is 3.50. The number of aromatic nitrogens is 1. The van der Waals surface area contributed by atoms with Crippen LogP contribution in [-0.4, -0.2) is 4.57 Å². The van der Waals surface area contributed by atoms with Crippen molar-refractivity contribution in [3.05, 3.63) is 47.2 Å². The van der Waals surface area contributed by atoms with E-state index in [1.165, 1.54) is 16.8 Å². The van der Waals surface area contributed by atoms with Crippen molar-refractivity contribution in [2.24, 2.45) is 7.05 Å². The summed E-state index contributed by atoms with van der Waals surface area (Å²) >= 11 is 5.84. The van der Waals surface area contributed by atoms with E-state index >= 15 is 0 Å². The van der Waals surface area contributed by atoms with Crippen molar-refractivity contribution in [1.29, 1.82) is 0 Å². The van der Waals surface area contributed by atoms with Crippen molar-refractivity contribution in [2.45, 2.75) is 6.92 Å². The van der Waals surface area contributed by atoms with Crippen LogP contribution >= 0.6 is 11.6 Å². The molecule has 0 bridgehead atoms. The van der Waals surface area contributed by atoms with Gasteiger partial charge in [0.05, 0.1) is 0 Å². The first-order chi connectivity index (χ1) is 6.68. The average Bonchev–Trinajstić information content (AvgIpc) is 2.50. The highest BCUT2D eigenvalue weighted by atomic mass is 35.5. The molecule has 1 aromatic carbocycles. The minimum absolute atomic E-state index is 0.780. The quantitative estimate of drug-likeness (QED) is 0.670. The van der Waals surface area contributed by atoms with E-state index in [0.717, 1.165) is 5.02 Å². The van der Waals surface area contributed by atoms with Gasteiger partial charge in [0.1, 0.15) is 0 Å². The van der Waals surface area contributed by atoms with Gasteiger partial charge in [0.25, 0.3) is 0 Å². The third-order valence-electron chi connectivity index (χ3n) is 2.54. The first kappa shape index (κ1) is 9.35. The van der Waals surface area contributed by atoms with Gasteiger partial charge < -0.3 is 4.57 Å². The minimum atomic E-state index is 0.780. The van der Waals surface area contributed by atoms with E-state index in [1.54, 1.807) is 0 Å². The molecule has 0 fully saturated rings. The van der Waals surface area contributed by atoms with Gasteiger partial charge in [-0.3, -0.25) is 0 Å². The van der Waals surface area contributed by atoms with Gasteiger partial charge in [-0.1, -0.05) is 23.7 Å².